The predicted molar refractivity (Wildman–Crippen MR) is 89.3 cm³/mol. The van der Waals surface area contributed by atoms with Crippen LogP contribution in [0.25, 0.3) is 6.08 Å². The van der Waals surface area contributed by atoms with Gasteiger partial charge in [-0.25, -0.2) is 4.79 Å². The van der Waals surface area contributed by atoms with Crippen LogP contribution >= 0.6 is 15.9 Å². The van der Waals surface area contributed by atoms with Gasteiger partial charge < -0.3 is 9.47 Å². The Hall–Kier alpha value is -2.40. The first-order chi connectivity index (χ1) is 11.1. The summed E-state index contributed by atoms with van der Waals surface area (Å²) in [4.78, 5) is 24.1. The lowest BCUT2D eigenvalue weighted by atomic mass is 10.1. The normalized spacial score (nSPS) is 12.7. The Labute approximate surface area is 141 Å². The summed E-state index contributed by atoms with van der Waals surface area (Å²) in [5.41, 5.74) is 1.71. The zero-order valence-corrected chi connectivity index (χ0v) is 13.7. The number of para-hydroxylation sites is 1. The zero-order chi connectivity index (χ0) is 16.2. The second-order valence-corrected chi connectivity index (χ2v) is 5.92. The molecule has 0 saturated heterocycles. The average molecular weight is 373 g/mol. The summed E-state index contributed by atoms with van der Waals surface area (Å²) in [6.07, 6.45) is 1.73. The maximum atomic E-state index is 12.1. The number of hydrogen-bond acceptors (Lipinski definition) is 4. The van der Waals surface area contributed by atoms with Crippen LogP contribution in [0.1, 0.15) is 15.9 Å². The van der Waals surface area contributed by atoms with Crippen LogP contribution in [0.5, 0.6) is 5.75 Å². The van der Waals surface area contributed by atoms with Gasteiger partial charge in [-0.15, -0.1) is 0 Å². The van der Waals surface area contributed by atoms with Gasteiger partial charge in [0.15, 0.2) is 12.4 Å². The number of esters is 1. The third kappa shape index (κ3) is 3.68. The van der Waals surface area contributed by atoms with E-state index in [-0.39, 0.29) is 19.0 Å². The Morgan fingerprint density at radius 2 is 1.96 bits per heavy atom. The van der Waals surface area contributed by atoms with E-state index in [4.69, 9.17) is 9.47 Å². The molecule has 0 unspecified atom stereocenters. The summed E-state index contributed by atoms with van der Waals surface area (Å²) in [7, 11) is 0. The molecule has 0 atom stereocenters. The minimum Gasteiger partial charge on any atom is -0.488 e. The third-order valence-electron chi connectivity index (χ3n) is 3.38. The SMILES string of the molecule is O=C(OCC(=O)c1cccc(Br)c1)C1=Cc2ccccc2OC1. The largest absolute Gasteiger partial charge is 0.488 e. The number of ketones is 1. The Bertz CT molecular complexity index is 795. The summed E-state index contributed by atoms with van der Waals surface area (Å²) in [5.74, 6) is -0.0607. The second kappa shape index (κ2) is 6.79. The van der Waals surface area contributed by atoms with E-state index in [2.05, 4.69) is 15.9 Å². The Morgan fingerprint density at radius 3 is 2.78 bits per heavy atom. The third-order valence-corrected chi connectivity index (χ3v) is 3.87. The van der Waals surface area contributed by atoms with Crippen molar-refractivity contribution in [3.63, 3.8) is 0 Å². The highest BCUT2D eigenvalue weighted by molar-refractivity contribution is 9.10. The molecule has 2 aromatic carbocycles. The molecule has 0 aromatic heterocycles. The molecule has 1 heterocycles. The number of carbonyl (C=O) groups is 2. The first-order valence-corrected chi connectivity index (χ1v) is 7.81. The summed E-state index contributed by atoms with van der Waals surface area (Å²) >= 11 is 3.30. The van der Waals surface area contributed by atoms with E-state index in [9.17, 15) is 9.59 Å². The van der Waals surface area contributed by atoms with E-state index in [1.807, 2.05) is 30.3 Å². The number of Topliss-reactive ketones (excluding diaryl/α,β-unsaturated/α-hetero) is 1. The van der Waals surface area contributed by atoms with Crippen LogP contribution in [0, 0.1) is 0 Å². The lowest BCUT2D eigenvalue weighted by Crippen LogP contribution is -2.20. The molecule has 0 saturated carbocycles. The number of carbonyl (C=O) groups excluding carboxylic acids is 2. The van der Waals surface area contributed by atoms with Crippen LogP contribution < -0.4 is 4.74 Å². The van der Waals surface area contributed by atoms with E-state index in [0.717, 1.165) is 15.8 Å². The van der Waals surface area contributed by atoms with Crippen LogP contribution in [0.3, 0.4) is 0 Å². The molecule has 0 aliphatic carbocycles. The summed E-state index contributed by atoms with van der Waals surface area (Å²) in [6.45, 7) is -0.158. The van der Waals surface area contributed by atoms with Crippen LogP contribution in [0.2, 0.25) is 0 Å². The van der Waals surface area contributed by atoms with Gasteiger partial charge in [-0.05, 0) is 24.3 Å². The molecule has 0 fully saturated rings. The number of halogens is 1. The maximum absolute atomic E-state index is 12.1. The van der Waals surface area contributed by atoms with E-state index < -0.39 is 5.97 Å². The number of hydrogen-bond donors (Lipinski definition) is 0. The minimum absolute atomic E-state index is 0.140. The van der Waals surface area contributed by atoms with Crippen molar-refractivity contribution < 1.29 is 19.1 Å². The predicted octanol–water partition coefficient (Wildman–Crippen LogP) is 3.65. The molecule has 23 heavy (non-hydrogen) atoms. The molecular weight excluding hydrogens is 360 g/mol. The average Bonchev–Trinajstić information content (AvgIpc) is 2.59. The molecule has 3 rings (SSSR count). The molecule has 1 aliphatic heterocycles. The number of rotatable bonds is 4. The quantitative estimate of drug-likeness (QED) is 0.607. The van der Waals surface area contributed by atoms with Gasteiger partial charge in [0.2, 0.25) is 0 Å². The molecule has 2 aromatic rings. The summed E-state index contributed by atoms with van der Waals surface area (Å²) in [5, 5.41) is 0. The highest BCUT2D eigenvalue weighted by Gasteiger charge is 2.19. The highest BCUT2D eigenvalue weighted by atomic mass is 79.9. The number of benzene rings is 2. The van der Waals surface area contributed by atoms with Crippen molar-refractivity contribution in [2.75, 3.05) is 13.2 Å². The van der Waals surface area contributed by atoms with Crippen molar-refractivity contribution in [3.8, 4) is 5.75 Å². The zero-order valence-electron chi connectivity index (χ0n) is 12.1. The van der Waals surface area contributed by atoms with E-state index in [1.165, 1.54) is 0 Å². The first-order valence-electron chi connectivity index (χ1n) is 7.02. The highest BCUT2D eigenvalue weighted by Crippen LogP contribution is 2.26. The second-order valence-electron chi connectivity index (χ2n) is 5.01. The number of ether oxygens (including phenoxy) is 2. The summed E-state index contributed by atoms with van der Waals surface area (Å²) in [6, 6.07) is 14.4. The Kier molecular flexibility index (Phi) is 4.57. The van der Waals surface area contributed by atoms with E-state index >= 15 is 0 Å². The molecule has 0 spiro atoms. The van der Waals surface area contributed by atoms with Gasteiger partial charge in [-0.2, -0.15) is 0 Å². The fourth-order valence-corrected chi connectivity index (χ4v) is 2.60. The smallest absolute Gasteiger partial charge is 0.337 e. The number of fused-ring (bicyclic) bond motifs is 1. The maximum Gasteiger partial charge on any atom is 0.337 e. The van der Waals surface area contributed by atoms with Gasteiger partial charge in [0.25, 0.3) is 0 Å². The van der Waals surface area contributed by atoms with Gasteiger partial charge in [0, 0.05) is 15.6 Å². The van der Waals surface area contributed by atoms with E-state index in [0.29, 0.717) is 11.1 Å². The topological polar surface area (TPSA) is 52.6 Å². The van der Waals surface area contributed by atoms with Crippen molar-refractivity contribution in [1.82, 2.24) is 0 Å². The van der Waals surface area contributed by atoms with Gasteiger partial charge in [0.1, 0.15) is 12.4 Å². The molecule has 4 nitrogen and oxygen atoms in total. The van der Waals surface area contributed by atoms with E-state index in [1.54, 1.807) is 24.3 Å². The molecule has 1 aliphatic rings. The molecule has 0 radical (unpaired) electrons. The first kappa shape index (κ1) is 15.5. The molecule has 0 N–H and O–H groups in total. The van der Waals surface area contributed by atoms with Crippen LogP contribution in [-0.2, 0) is 9.53 Å². The minimum atomic E-state index is -0.539. The molecule has 5 heteroatoms. The van der Waals surface area contributed by atoms with Crippen LogP contribution in [0.4, 0.5) is 0 Å². The Balaban J connectivity index is 1.64. The molecule has 0 amide bonds. The fraction of sp³-hybridized carbons (Fsp3) is 0.111. The van der Waals surface area contributed by atoms with Crippen molar-refractivity contribution in [3.05, 3.63) is 69.7 Å². The summed E-state index contributed by atoms with van der Waals surface area (Å²) < 4.78 is 11.4. The molecular formula is C18H13BrO4. The standard InChI is InChI=1S/C18H13BrO4/c19-15-6-3-5-12(9-15)16(20)11-23-18(21)14-8-13-4-1-2-7-17(13)22-10-14/h1-9H,10-11H2. The Morgan fingerprint density at radius 1 is 1.13 bits per heavy atom. The van der Waals surface area contributed by atoms with Gasteiger partial charge >= 0.3 is 5.97 Å². The molecule has 0 bridgehead atoms. The van der Waals surface area contributed by atoms with Crippen LogP contribution in [-0.4, -0.2) is 25.0 Å². The lowest BCUT2D eigenvalue weighted by molar-refractivity contribution is -0.138. The van der Waals surface area contributed by atoms with Gasteiger partial charge in [-0.1, -0.05) is 46.3 Å². The van der Waals surface area contributed by atoms with Gasteiger partial charge in [-0.3, -0.25) is 4.79 Å². The molecule has 116 valence electrons. The van der Waals surface area contributed by atoms with Crippen molar-refractivity contribution in [2.45, 2.75) is 0 Å². The fourth-order valence-electron chi connectivity index (χ4n) is 2.20. The van der Waals surface area contributed by atoms with Crippen molar-refractivity contribution >= 4 is 33.8 Å². The lowest BCUT2D eigenvalue weighted by Gasteiger charge is -2.16. The van der Waals surface area contributed by atoms with Crippen molar-refractivity contribution in [1.29, 1.82) is 0 Å². The van der Waals surface area contributed by atoms with Gasteiger partial charge in [0.05, 0.1) is 5.57 Å². The van der Waals surface area contributed by atoms with Crippen LogP contribution in [0.15, 0.2) is 58.6 Å². The van der Waals surface area contributed by atoms with Crippen molar-refractivity contribution in [2.24, 2.45) is 0 Å². The monoisotopic (exact) mass is 372 g/mol.